The Labute approximate surface area is 160 Å². The van der Waals surface area contributed by atoms with Crippen LogP contribution in [-0.2, 0) is 14.4 Å². The predicted molar refractivity (Wildman–Crippen MR) is 97.6 cm³/mol. The van der Waals surface area contributed by atoms with Gasteiger partial charge in [-0.15, -0.1) is 11.8 Å². The molecule has 1 unspecified atom stereocenters. The molecule has 9 heteroatoms. The van der Waals surface area contributed by atoms with Crippen LogP contribution in [-0.4, -0.2) is 56.9 Å². The Morgan fingerprint density at radius 2 is 2.04 bits per heavy atom. The average Bonchev–Trinajstić information content (AvgIpc) is 2.94. The lowest BCUT2D eigenvalue weighted by Gasteiger charge is -2.44. The number of carbonyl (C=O) groups excluding carboxylic acids is 2. The number of benzene rings is 1. The van der Waals surface area contributed by atoms with Crippen molar-refractivity contribution in [3.63, 3.8) is 0 Å². The topological polar surface area (TPSA) is 130 Å². The third-order valence-corrected chi connectivity index (χ3v) is 5.83. The standard InChI is InChI=1S/C18H20N2O6S/c1-9(21)14-12-7-13(15(17(23)24)20(12)16(14)22)27-8-11(19)18(25)26-10-5-3-2-4-6-10/h2-6,9,11-12,14,21H,7-8,19H2,1H3,(H,23,24)/t9?,11-,12+,14+/m0/s1. The molecule has 3 rings (SSSR count). The first kappa shape index (κ1) is 19.4. The van der Waals surface area contributed by atoms with Crippen LogP contribution in [0.25, 0.3) is 0 Å². The van der Waals surface area contributed by atoms with Crippen LogP contribution in [0.3, 0.4) is 0 Å². The minimum absolute atomic E-state index is 0.0875. The van der Waals surface area contributed by atoms with E-state index in [1.807, 2.05) is 0 Å². The molecule has 0 spiro atoms. The second kappa shape index (κ2) is 7.71. The van der Waals surface area contributed by atoms with Crippen LogP contribution >= 0.6 is 11.8 Å². The van der Waals surface area contributed by atoms with Crippen LogP contribution in [0.4, 0.5) is 0 Å². The van der Waals surface area contributed by atoms with Gasteiger partial charge in [0, 0.05) is 17.1 Å². The second-order valence-corrected chi connectivity index (χ2v) is 7.59. The smallest absolute Gasteiger partial charge is 0.353 e. The summed E-state index contributed by atoms with van der Waals surface area (Å²) in [4.78, 5) is 37.5. The number of ether oxygens (including phenoxy) is 1. The molecule has 1 aromatic carbocycles. The van der Waals surface area contributed by atoms with Gasteiger partial charge < -0.3 is 25.6 Å². The van der Waals surface area contributed by atoms with E-state index in [4.69, 9.17) is 10.5 Å². The van der Waals surface area contributed by atoms with E-state index in [1.54, 1.807) is 30.3 Å². The first-order chi connectivity index (χ1) is 12.8. The summed E-state index contributed by atoms with van der Waals surface area (Å²) in [6.45, 7) is 1.51. The fourth-order valence-electron chi connectivity index (χ4n) is 3.30. The molecule has 2 aliphatic rings. The van der Waals surface area contributed by atoms with Gasteiger partial charge in [-0.3, -0.25) is 4.79 Å². The molecule has 2 heterocycles. The van der Waals surface area contributed by atoms with Crippen molar-refractivity contribution in [1.29, 1.82) is 0 Å². The van der Waals surface area contributed by atoms with Crippen LogP contribution in [0, 0.1) is 5.92 Å². The van der Waals surface area contributed by atoms with Crippen molar-refractivity contribution in [3.8, 4) is 5.75 Å². The molecule has 0 aliphatic carbocycles. The molecular weight excluding hydrogens is 372 g/mol. The average molecular weight is 392 g/mol. The van der Waals surface area contributed by atoms with Gasteiger partial charge in [0.15, 0.2) is 0 Å². The van der Waals surface area contributed by atoms with E-state index in [2.05, 4.69) is 0 Å². The maximum absolute atomic E-state index is 12.2. The zero-order valence-electron chi connectivity index (χ0n) is 14.6. The van der Waals surface area contributed by atoms with Crippen molar-refractivity contribution in [2.24, 2.45) is 11.7 Å². The van der Waals surface area contributed by atoms with Gasteiger partial charge in [0.1, 0.15) is 17.5 Å². The molecule has 1 aromatic rings. The normalized spacial score (nSPS) is 23.5. The summed E-state index contributed by atoms with van der Waals surface area (Å²) in [6, 6.07) is 7.20. The molecule has 27 heavy (non-hydrogen) atoms. The maximum Gasteiger partial charge on any atom is 0.353 e. The molecule has 0 bridgehead atoms. The number of amides is 1. The van der Waals surface area contributed by atoms with Crippen molar-refractivity contribution in [2.75, 3.05) is 5.75 Å². The fourth-order valence-corrected chi connectivity index (χ4v) is 4.43. The van der Waals surface area contributed by atoms with Gasteiger partial charge in [-0.25, -0.2) is 9.59 Å². The third kappa shape index (κ3) is 3.71. The number of hydrogen-bond donors (Lipinski definition) is 3. The van der Waals surface area contributed by atoms with Gasteiger partial charge in [-0.2, -0.15) is 0 Å². The number of hydrogen-bond acceptors (Lipinski definition) is 7. The molecule has 8 nitrogen and oxygen atoms in total. The summed E-state index contributed by atoms with van der Waals surface area (Å²) >= 11 is 1.13. The van der Waals surface area contributed by atoms with E-state index in [-0.39, 0.29) is 17.5 Å². The molecule has 2 aliphatic heterocycles. The summed E-state index contributed by atoms with van der Waals surface area (Å²) < 4.78 is 5.18. The van der Waals surface area contributed by atoms with Gasteiger partial charge in [-0.05, 0) is 19.1 Å². The van der Waals surface area contributed by atoms with E-state index in [9.17, 15) is 24.6 Å². The summed E-state index contributed by atoms with van der Waals surface area (Å²) in [5, 5.41) is 19.2. The zero-order chi connectivity index (χ0) is 19.7. The van der Waals surface area contributed by atoms with Crippen LogP contribution in [0.2, 0.25) is 0 Å². The number of aliphatic hydroxyl groups is 1. The Hall–Kier alpha value is -2.36. The third-order valence-electron chi connectivity index (χ3n) is 4.59. The van der Waals surface area contributed by atoms with E-state index >= 15 is 0 Å². The molecule has 1 fully saturated rings. The molecule has 0 aromatic heterocycles. The molecule has 144 valence electrons. The predicted octanol–water partition coefficient (Wildman–Crippen LogP) is 0.560. The lowest BCUT2D eigenvalue weighted by atomic mass is 9.83. The number of nitrogens with two attached hydrogens (primary N) is 1. The van der Waals surface area contributed by atoms with E-state index in [1.165, 1.54) is 11.8 Å². The van der Waals surface area contributed by atoms with Gasteiger partial charge in [0.05, 0.1) is 18.1 Å². The first-order valence-electron chi connectivity index (χ1n) is 8.44. The van der Waals surface area contributed by atoms with Crippen molar-refractivity contribution in [2.45, 2.75) is 31.5 Å². The summed E-state index contributed by atoms with van der Waals surface area (Å²) in [7, 11) is 0. The highest BCUT2D eigenvalue weighted by molar-refractivity contribution is 8.03. The van der Waals surface area contributed by atoms with Crippen molar-refractivity contribution >= 4 is 29.6 Å². The monoisotopic (exact) mass is 392 g/mol. The SMILES string of the molecule is CC(O)[C@H]1C(=O)N2C(C(=O)O)=C(SC[C@H](N)C(=O)Oc3ccccc3)C[C@H]12. The Kier molecular flexibility index (Phi) is 5.54. The lowest BCUT2D eigenvalue weighted by Crippen LogP contribution is -2.61. The Morgan fingerprint density at radius 3 is 2.63 bits per heavy atom. The van der Waals surface area contributed by atoms with Crippen LogP contribution in [0.5, 0.6) is 5.75 Å². The molecule has 4 N–H and O–H groups in total. The number of β-lactam (4-membered cyclic amide) rings is 1. The Balaban J connectivity index is 1.64. The molecule has 0 saturated carbocycles. The summed E-state index contributed by atoms with van der Waals surface area (Å²) in [6.07, 6.45) is -0.519. The Morgan fingerprint density at radius 1 is 1.37 bits per heavy atom. The first-order valence-corrected chi connectivity index (χ1v) is 9.42. The number of para-hydroxylation sites is 1. The molecule has 4 atom stereocenters. The van der Waals surface area contributed by atoms with Gasteiger partial charge in [0.25, 0.3) is 0 Å². The number of nitrogens with zero attached hydrogens (tertiary/aromatic N) is 1. The number of rotatable bonds is 7. The number of thioether (sulfide) groups is 1. The second-order valence-electron chi connectivity index (χ2n) is 6.47. The van der Waals surface area contributed by atoms with Gasteiger partial charge in [-0.1, -0.05) is 18.2 Å². The van der Waals surface area contributed by atoms with Gasteiger partial charge >= 0.3 is 11.9 Å². The van der Waals surface area contributed by atoms with Crippen molar-refractivity contribution in [3.05, 3.63) is 40.9 Å². The molecule has 1 amide bonds. The van der Waals surface area contributed by atoms with Crippen LogP contribution in [0.1, 0.15) is 13.3 Å². The highest BCUT2D eigenvalue weighted by atomic mass is 32.2. The fraction of sp³-hybridized carbons (Fsp3) is 0.389. The number of aliphatic carboxylic acids is 1. The molecule has 0 radical (unpaired) electrons. The number of carboxylic acids is 1. The number of carboxylic acid groups (broad SMARTS) is 1. The summed E-state index contributed by atoms with van der Waals surface area (Å²) in [5.74, 6) is -2.33. The van der Waals surface area contributed by atoms with Crippen molar-refractivity contribution in [1.82, 2.24) is 4.90 Å². The molecular formula is C18H20N2O6S. The quantitative estimate of drug-likeness (QED) is 0.349. The van der Waals surface area contributed by atoms with Crippen LogP contribution < -0.4 is 10.5 Å². The number of esters is 1. The molecule has 1 saturated heterocycles. The van der Waals surface area contributed by atoms with Crippen LogP contribution in [0.15, 0.2) is 40.9 Å². The van der Waals surface area contributed by atoms with Gasteiger partial charge in [0.2, 0.25) is 5.91 Å². The zero-order valence-corrected chi connectivity index (χ0v) is 15.4. The Bertz CT molecular complexity index is 794. The lowest BCUT2D eigenvalue weighted by molar-refractivity contribution is -0.161. The maximum atomic E-state index is 12.2. The minimum Gasteiger partial charge on any atom is -0.477 e. The van der Waals surface area contributed by atoms with E-state index in [0.717, 1.165) is 11.8 Å². The largest absolute Gasteiger partial charge is 0.477 e. The summed E-state index contributed by atoms with van der Waals surface area (Å²) in [5.41, 5.74) is 5.78. The van der Waals surface area contributed by atoms with Crippen molar-refractivity contribution < 1.29 is 29.3 Å². The highest BCUT2D eigenvalue weighted by Gasteiger charge is 2.56. The minimum atomic E-state index is -1.21. The van der Waals surface area contributed by atoms with E-state index in [0.29, 0.717) is 17.1 Å². The van der Waals surface area contributed by atoms with E-state index < -0.39 is 35.9 Å². The number of carbonyl (C=O) groups is 3. The number of aliphatic hydroxyl groups excluding tert-OH is 1. The highest BCUT2D eigenvalue weighted by Crippen LogP contribution is 2.47. The number of fused-ring (bicyclic) bond motifs is 1.